The van der Waals surface area contributed by atoms with E-state index in [1.807, 2.05) is 6.07 Å². The van der Waals surface area contributed by atoms with E-state index in [1.54, 1.807) is 62.5 Å². The van der Waals surface area contributed by atoms with Gasteiger partial charge in [0, 0.05) is 56.9 Å². The largest absolute Gasteiger partial charge is 0.496 e. The van der Waals surface area contributed by atoms with E-state index in [0.29, 0.717) is 40.8 Å². The van der Waals surface area contributed by atoms with Crippen molar-refractivity contribution < 1.29 is 19.1 Å². The Bertz CT molecular complexity index is 973. The average Bonchev–Trinajstić information content (AvgIpc) is 2.86. The van der Waals surface area contributed by atoms with Gasteiger partial charge in [-0.25, -0.2) is 0 Å². The third-order valence-corrected chi connectivity index (χ3v) is 6.49. The number of benzene rings is 2. The number of unbranched alkanes of at least 4 members (excludes halogenated alkanes) is 2. The van der Waals surface area contributed by atoms with Gasteiger partial charge in [0.05, 0.1) is 25.8 Å². The molecule has 0 radical (unpaired) electrons. The highest BCUT2D eigenvalue weighted by Gasteiger charge is 2.19. The third-order valence-electron chi connectivity index (χ3n) is 6.23. The van der Waals surface area contributed by atoms with Crippen molar-refractivity contribution in [3.8, 4) is 11.5 Å². The minimum atomic E-state index is -0.116. The normalized spacial score (nSPS) is 14.5. The topological polar surface area (TPSA) is 62.3 Å². The maximum atomic E-state index is 12.8. The van der Waals surface area contributed by atoms with Crippen molar-refractivity contribution in [2.75, 3.05) is 67.1 Å². The summed E-state index contributed by atoms with van der Waals surface area (Å²) in [6.07, 6.45) is 3.17. The molecule has 0 atom stereocenters. The van der Waals surface area contributed by atoms with Crippen LogP contribution < -0.4 is 9.47 Å². The first-order chi connectivity index (χ1) is 16.9. The zero-order valence-corrected chi connectivity index (χ0v) is 21.7. The van der Waals surface area contributed by atoms with Crippen LogP contribution in [-0.2, 0) is 4.79 Å². The Hall–Kier alpha value is -2.61. The summed E-state index contributed by atoms with van der Waals surface area (Å²) in [5.74, 6) is 1.24. The SMILES string of the molecule is COc1cc(OCCCCCN2CCN(CC(=O)N(C)C)CC2)ccc1C(=O)c1ccc(Cl)cc1. The maximum absolute atomic E-state index is 12.8. The minimum absolute atomic E-state index is 0.116. The van der Waals surface area contributed by atoms with Gasteiger partial charge in [-0.15, -0.1) is 0 Å². The summed E-state index contributed by atoms with van der Waals surface area (Å²) in [5.41, 5.74) is 1.05. The van der Waals surface area contributed by atoms with E-state index in [2.05, 4.69) is 9.80 Å². The zero-order chi connectivity index (χ0) is 25.2. The molecule has 7 nitrogen and oxygen atoms in total. The van der Waals surface area contributed by atoms with Crippen LogP contribution in [-0.4, -0.2) is 93.5 Å². The van der Waals surface area contributed by atoms with Gasteiger partial charge in [0.1, 0.15) is 11.5 Å². The second kappa shape index (κ2) is 13.5. The number of piperazine rings is 1. The molecule has 190 valence electrons. The van der Waals surface area contributed by atoms with Crippen molar-refractivity contribution in [1.82, 2.24) is 14.7 Å². The number of carbonyl (C=O) groups is 2. The molecular weight excluding hydrogens is 466 g/mol. The lowest BCUT2D eigenvalue weighted by Crippen LogP contribution is -2.49. The van der Waals surface area contributed by atoms with Crippen molar-refractivity contribution in [2.24, 2.45) is 0 Å². The molecule has 1 heterocycles. The molecule has 0 spiro atoms. The molecule has 1 fully saturated rings. The van der Waals surface area contributed by atoms with E-state index in [0.717, 1.165) is 52.0 Å². The number of likely N-dealkylation sites (N-methyl/N-ethyl adjacent to an activating group) is 1. The van der Waals surface area contributed by atoms with Crippen LogP contribution in [0.5, 0.6) is 11.5 Å². The molecule has 8 heteroatoms. The zero-order valence-electron chi connectivity index (χ0n) is 21.0. The van der Waals surface area contributed by atoms with Crippen molar-refractivity contribution in [2.45, 2.75) is 19.3 Å². The third kappa shape index (κ3) is 8.23. The quantitative estimate of drug-likeness (QED) is 0.325. The predicted molar refractivity (Wildman–Crippen MR) is 139 cm³/mol. The van der Waals surface area contributed by atoms with Crippen LogP contribution in [0.25, 0.3) is 0 Å². The number of amides is 1. The summed E-state index contributed by atoms with van der Waals surface area (Å²) in [4.78, 5) is 31.0. The molecule has 0 unspecified atom stereocenters. The number of methoxy groups -OCH3 is 1. The smallest absolute Gasteiger partial charge is 0.236 e. The van der Waals surface area contributed by atoms with Crippen LogP contribution in [0.15, 0.2) is 42.5 Å². The number of nitrogens with zero attached hydrogens (tertiary/aromatic N) is 3. The van der Waals surface area contributed by atoms with E-state index < -0.39 is 0 Å². The highest BCUT2D eigenvalue weighted by molar-refractivity contribution is 6.30. The van der Waals surface area contributed by atoms with Crippen LogP contribution in [0.4, 0.5) is 0 Å². The number of ketones is 1. The monoisotopic (exact) mass is 501 g/mol. The summed E-state index contributed by atoms with van der Waals surface area (Å²) in [5, 5.41) is 0.591. The van der Waals surface area contributed by atoms with Crippen LogP contribution in [0, 0.1) is 0 Å². The fourth-order valence-electron chi connectivity index (χ4n) is 4.01. The molecule has 35 heavy (non-hydrogen) atoms. The lowest BCUT2D eigenvalue weighted by molar-refractivity contribution is -0.130. The van der Waals surface area contributed by atoms with E-state index in [1.165, 1.54) is 0 Å². The highest BCUT2D eigenvalue weighted by atomic mass is 35.5. The summed E-state index contributed by atoms with van der Waals surface area (Å²) in [6.45, 7) is 6.12. The van der Waals surface area contributed by atoms with Crippen molar-refractivity contribution >= 4 is 23.3 Å². The Morgan fingerprint density at radius 3 is 2.29 bits per heavy atom. The number of hydrogen-bond donors (Lipinski definition) is 0. The van der Waals surface area contributed by atoms with Gasteiger partial charge in [-0.05, 0) is 62.2 Å². The van der Waals surface area contributed by atoms with Gasteiger partial charge in [-0.2, -0.15) is 0 Å². The molecule has 2 aromatic carbocycles. The molecule has 0 N–H and O–H groups in total. The Balaban J connectivity index is 1.35. The molecule has 0 aliphatic carbocycles. The number of hydrogen-bond acceptors (Lipinski definition) is 6. The molecule has 1 aliphatic rings. The first-order valence-electron chi connectivity index (χ1n) is 12.1. The van der Waals surface area contributed by atoms with E-state index in [9.17, 15) is 9.59 Å². The van der Waals surface area contributed by atoms with E-state index in [4.69, 9.17) is 21.1 Å². The molecule has 0 aromatic heterocycles. The fourth-order valence-corrected chi connectivity index (χ4v) is 4.14. The van der Waals surface area contributed by atoms with Crippen molar-refractivity contribution in [3.63, 3.8) is 0 Å². The van der Waals surface area contributed by atoms with Gasteiger partial charge in [0.25, 0.3) is 0 Å². The number of halogens is 1. The molecule has 0 bridgehead atoms. The van der Waals surface area contributed by atoms with Gasteiger partial charge in [-0.3, -0.25) is 14.5 Å². The molecule has 3 rings (SSSR count). The van der Waals surface area contributed by atoms with Gasteiger partial charge < -0.3 is 19.3 Å². The van der Waals surface area contributed by atoms with Crippen LogP contribution in [0.1, 0.15) is 35.2 Å². The Kier molecular flexibility index (Phi) is 10.4. The van der Waals surface area contributed by atoms with Gasteiger partial charge in [0.15, 0.2) is 5.78 Å². The van der Waals surface area contributed by atoms with Crippen molar-refractivity contribution in [1.29, 1.82) is 0 Å². The summed E-state index contributed by atoms with van der Waals surface area (Å²) >= 11 is 5.92. The molecule has 2 aromatic rings. The lowest BCUT2D eigenvalue weighted by atomic mass is 10.0. The number of ether oxygens (including phenoxy) is 2. The van der Waals surface area contributed by atoms with Crippen molar-refractivity contribution in [3.05, 3.63) is 58.6 Å². The summed E-state index contributed by atoms with van der Waals surface area (Å²) in [6, 6.07) is 12.1. The van der Waals surface area contributed by atoms with E-state index >= 15 is 0 Å². The minimum Gasteiger partial charge on any atom is -0.496 e. The lowest BCUT2D eigenvalue weighted by Gasteiger charge is -2.34. The number of carbonyl (C=O) groups excluding carboxylic acids is 2. The first kappa shape index (κ1) is 27.0. The Morgan fingerprint density at radius 2 is 1.63 bits per heavy atom. The molecule has 1 saturated heterocycles. The highest BCUT2D eigenvalue weighted by Crippen LogP contribution is 2.27. The summed E-state index contributed by atoms with van der Waals surface area (Å²) < 4.78 is 11.3. The van der Waals surface area contributed by atoms with Crippen LogP contribution >= 0.6 is 11.6 Å². The van der Waals surface area contributed by atoms with Crippen LogP contribution in [0.2, 0.25) is 5.02 Å². The molecule has 0 saturated carbocycles. The number of rotatable bonds is 12. The van der Waals surface area contributed by atoms with E-state index in [-0.39, 0.29) is 11.7 Å². The average molecular weight is 502 g/mol. The van der Waals surface area contributed by atoms with Gasteiger partial charge in [0.2, 0.25) is 5.91 Å². The maximum Gasteiger partial charge on any atom is 0.236 e. The van der Waals surface area contributed by atoms with Gasteiger partial charge in [-0.1, -0.05) is 11.6 Å². The molecular formula is C27H36ClN3O4. The Morgan fingerprint density at radius 1 is 0.943 bits per heavy atom. The second-order valence-electron chi connectivity index (χ2n) is 9.01. The van der Waals surface area contributed by atoms with Gasteiger partial charge >= 0.3 is 0 Å². The summed E-state index contributed by atoms with van der Waals surface area (Å²) in [7, 11) is 5.16. The first-order valence-corrected chi connectivity index (χ1v) is 12.5. The standard InChI is InChI=1S/C27H36ClN3O4/c1-29(2)26(32)20-31-16-14-30(15-17-31)13-5-4-6-18-35-23-11-12-24(25(19-23)34-3)27(33)21-7-9-22(28)10-8-21/h7-12,19H,4-6,13-18,20H2,1-3H3. The van der Waals surface area contributed by atoms with Crippen LogP contribution in [0.3, 0.4) is 0 Å². The molecule has 1 amide bonds. The molecule has 1 aliphatic heterocycles. The second-order valence-corrected chi connectivity index (χ2v) is 9.45. The predicted octanol–water partition coefficient (Wildman–Crippen LogP) is 3.83. The Labute approximate surface area is 213 Å². The fraction of sp³-hybridized carbons (Fsp3) is 0.481.